The van der Waals surface area contributed by atoms with Gasteiger partial charge in [-0.1, -0.05) is 29.8 Å². The van der Waals surface area contributed by atoms with Crippen molar-refractivity contribution in [2.45, 2.75) is 27.4 Å². The van der Waals surface area contributed by atoms with Crippen LogP contribution in [-0.4, -0.2) is 25.2 Å². The molecule has 2 aromatic carbocycles. The van der Waals surface area contributed by atoms with E-state index in [-0.39, 0.29) is 23.7 Å². The number of carbonyl (C=O) groups is 2. The molecule has 0 saturated heterocycles. The van der Waals surface area contributed by atoms with Crippen LogP contribution in [0.2, 0.25) is 5.02 Å². The number of carbonyl (C=O) groups excluding carboxylic acids is 2. The van der Waals surface area contributed by atoms with Gasteiger partial charge < -0.3 is 23.0 Å². The Morgan fingerprint density at radius 3 is 2.28 bits per heavy atom. The SMILES string of the molecule is CCOP(OCC)OCc1ccc(OC(=O)c2ccccc2OC(C)=O)cc1Cl. The third-order valence-electron chi connectivity index (χ3n) is 3.39. The predicted molar refractivity (Wildman–Crippen MR) is 109 cm³/mol. The third-order valence-corrected chi connectivity index (χ3v) is 5.02. The summed E-state index contributed by atoms with van der Waals surface area (Å²) in [5.74, 6) is -0.825. The van der Waals surface area contributed by atoms with Crippen molar-refractivity contribution in [1.82, 2.24) is 0 Å². The fraction of sp³-hybridized carbons (Fsp3) is 0.300. The van der Waals surface area contributed by atoms with Crippen molar-refractivity contribution < 1.29 is 32.6 Å². The maximum Gasteiger partial charge on any atom is 0.347 e. The molecule has 0 N–H and O–H groups in total. The van der Waals surface area contributed by atoms with Crippen molar-refractivity contribution in [3.05, 3.63) is 58.6 Å². The minimum atomic E-state index is -1.45. The van der Waals surface area contributed by atoms with Gasteiger partial charge in [-0.15, -0.1) is 0 Å². The Morgan fingerprint density at radius 2 is 1.66 bits per heavy atom. The smallest absolute Gasteiger partial charge is 0.347 e. The van der Waals surface area contributed by atoms with Crippen LogP contribution in [0.15, 0.2) is 42.5 Å². The van der Waals surface area contributed by atoms with Crippen molar-refractivity contribution in [3.8, 4) is 11.5 Å². The lowest BCUT2D eigenvalue weighted by atomic mass is 10.2. The molecule has 0 saturated carbocycles. The molecule has 0 atom stereocenters. The third kappa shape index (κ3) is 7.38. The van der Waals surface area contributed by atoms with Crippen molar-refractivity contribution in [2.24, 2.45) is 0 Å². The molecule has 0 bridgehead atoms. The molecule has 0 aliphatic rings. The summed E-state index contributed by atoms with van der Waals surface area (Å²) in [6.07, 6.45) is 0. The van der Waals surface area contributed by atoms with Crippen LogP contribution >= 0.6 is 20.2 Å². The monoisotopic (exact) mass is 440 g/mol. The molecular formula is C20H22ClO7P. The zero-order valence-corrected chi connectivity index (χ0v) is 18.0. The lowest BCUT2D eigenvalue weighted by Crippen LogP contribution is -2.12. The number of hydrogen-bond acceptors (Lipinski definition) is 7. The zero-order chi connectivity index (χ0) is 21.2. The van der Waals surface area contributed by atoms with Gasteiger partial charge in [0, 0.05) is 11.9 Å². The minimum Gasteiger partial charge on any atom is -0.426 e. The second-order valence-corrected chi connectivity index (χ2v) is 7.19. The Labute approximate surface area is 175 Å². The maximum absolute atomic E-state index is 12.5. The van der Waals surface area contributed by atoms with E-state index in [1.807, 2.05) is 13.8 Å². The van der Waals surface area contributed by atoms with Crippen LogP contribution < -0.4 is 9.47 Å². The number of ether oxygens (including phenoxy) is 2. The molecule has 0 unspecified atom stereocenters. The maximum atomic E-state index is 12.5. The molecule has 2 rings (SSSR count). The minimum absolute atomic E-state index is 0.126. The van der Waals surface area contributed by atoms with Gasteiger partial charge in [0.1, 0.15) is 17.1 Å². The first-order chi connectivity index (χ1) is 13.9. The highest BCUT2D eigenvalue weighted by molar-refractivity contribution is 7.41. The molecule has 0 amide bonds. The van der Waals surface area contributed by atoms with E-state index in [9.17, 15) is 9.59 Å². The molecule has 0 heterocycles. The fourth-order valence-corrected chi connectivity index (χ4v) is 3.31. The largest absolute Gasteiger partial charge is 0.426 e. The first-order valence-electron chi connectivity index (χ1n) is 8.91. The molecule has 0 aromatic heterocycles. The molecule has 29 heavy (non-hydrogen) atoms. The second-order valence-electron chi connectivity index (χ2n) is 5.57. The van der Waals surface area contributed by atoms with Gasteiger partial charge in [-0.05, 0) is 43.7 Å². The van der Waals surface area contributed by atoms with Crippen molar-refractivity contribution >= 4 is 32.1 Å². The van der Waals surface area contributed by atoms with Gasteiger partial charge in [0.05, 0.1) is 19.8 Å². The lowest BCUT2D eigenvalue weighted by Gasteiger charge is -2.15. The number of benzene rings is 2. The molecule has 0 aliphatic carbocycles. The van der Waals surface area contributed by atoms with Crippen LogP contribution in [0, 0.1) is 0 Å². The first kappa shape index (κ1) is 23.3. The molecule has 156 valence electrons. The van der Waals surface area contributed by atoms with Gasteiger partial charge in [-0.2, -0.15) is 0 Å². The molecule has 0 spiro atoms. The Kier molecular flexibility index (Phi) is 9.51. The van der Waals surface area contributed by atoms with E-state index in [1.165, 1.54) is 25.1 Å². The number of halogens is 1. The van der Waals surface area contributed by atoms with Gasteiger partial charge >= 0.3 is 20.5 Å². The van der Waals surface area contributed by atoms with E-state index in [4.69, 9.17) is 34.6 Å². The van der Waals surface area contributed by atoms with Crippen LogP contribution in [-0.2, 0) is 25.0 Å². The highest BCUT2D eigenvalue weighted by Crippen LogP contribution is 2.41. The molecule has 0 fully saturated rings. The standard InChI is InChI=1S/C20H22ClO7P/c1-4-24-29(25-5-2)26-13-15-10-11-16(12-18(15)21)28-20(23)17-8-6-7-9-19(17)27-14(3)22/h6-12H,4-5,13H2,1-3H3. The van der Waals surface area contributed by atoms with Crippen LogP contribution in [0.5, 0.6) is 11.5 Å². The van der Waals surface area contributed by atoms with E-state index >= 15 is 0 Å². The topological polar surface area (TPSA) is 80.3 Å². The summed E-state index contributed by atoms with van der Waals surface area (Å²) < 4.78 is 26.8. The first-order valence-corrected chi connectivity index (χ1v) is 10.4. The van der Waals surface area contributed by atoms with Gasteiger partial charge in [0.15, 0.2) is 0 Å². The van der Waals surface area contributed by atoms with Gasteiger partial charge in [-0.3, -0.25) is 4.79 Å². The normalized spacial score (nSPS) is 10.8. The summed E-state index contributed by atoms with van der Waals surface area (Å²) in [7, 11) is -1.45. The van der Waals surface area contributed by atoms with Crippen molar-refractivity contribution in [3.63, 3.8) is 0 Å². The van der Waals surface area contributed by atoms with Gasteiger partial charge in [0.2, 0.25) is 0 Å². The van der Waals surface area contributed by atoms with E-state index in [0.29, 0.717) is 23.8 Å². The average Bonchev–Trinajstić information content (AvgIpc) is 2.67. The molecular weight excluding hydrogens is 419 g/mol. The fourth-order valence-electron chi connectivity index (χ4n) is 2.19. The average molecular weight is 441 g/mol. The van der Waals surface area contributed by atoms with Crippen LogP contribution in [0.3, 0.4) is 0 Å². The molecule has 0 radical (unpaired) electrons. The van der Waals surface area contributed by atoms with Gasteiger partial charge in [0.25, 0.3) is 0 Å². The summed E-state index contributed by atoms with van der Waals surface area (Å²) in [5.41, 5.74) is 0.823. The zero-order valence-electron chi connectivity index (χ0n) is 16.3. The number of para-hydroxylation sites is 1. The predicted octanol–water partition coefficient (Wildman–Crippen LogP) is 5.30. The molecule has 0 aliphatic heterocycles. The Morgan fingerprint density at radius 1 is 0.966 bits per heavy atom. The highest BCUT2D eigenvalue weighted by Gasteiger charge is 2.17. The van der Waals surface area contributed by atoms with Crippen LogP contribution in [0.25, 0.3) is 0 Å². The number of hydrogen-bond donors (Lipinski definition) is 0. The van der Waals surface area contributed by atoms with E-state index in [0.717, 1.165) is 0 Å². The Bertz CT molecular complexity index is 837. The number of rotatable bonds is 10. The van der Waals surface area contributed by atoms with Crippen LogP contribution in [0.4, 0.5) is 0 Å². The lowest BCUT2D eigenvalue weighted by molar-refractivity contribution is -0.131. The Hall–Kier alpha value is -2.02. The molecule has 9 heteroatoms. The molecule has 7 nitrogen and oxygen atoms in total. The summed E-state index contributed by atoms with van der Waals surface area (Å²) in [6, 6.07) is 11.1. The molecule has 2 aromatic rings. The van der Waals surface area contributed by atoms with E-state index < -0.39 is 20.5 Å². The Balaban J connectivity index is 2.05. The van der Waals surface area contributed by atoms with E-state index in [2.05, 4.69) is 0 Å². The van der Waals surface area contributed by atoms with Gasteiger partial charge in [-0.25, -0.2) is 4.79 Å². The summed E-state index contributed by atoms with van der Waals surface area (Å²) in [5, 5.41) is 0.367. The van der Waals surface area contributed by atoms with E-state index in [1.54, 1.807) is 24.3 Å². The van der Waals surface area contributed by atoms with Crippen molar-refractivity contribution in [1.29, 1.82) is 0 Å². The second kappa shape index (κ2) is 11.9. The summed E-state index contributed by atoms with van der Waals surface area (Å²) in [6.45, 7) is 6.10. The highest BCUT2D eigenvalue weighted by atomic mass is 35.5. The quantitative estimate of drug-likeness (QED) is 0.281. The van der Waals surface area contributed by atoms with Crippen molar-refractivity contribution in [2.75, 3.05) is 13.2 Å². The summed E-state index contributed by atoms with van der Waals surface area (Å²) in [4.78, 5) is 23.7. The number of esters is 2. The van der Waals surface area contributed by atoms with Crippen LogP contribution in [0.1, 0.15) is 36.7 Å². The summed E-state index contributed by atoms with van der Waals surface area (Å²) >= 11 is 6.28.